The minimum Gasteiger partial charge on any atom is -0.444 e. The molecule has 7 heteroatoms. The second-order valence-corrected chi connectivity index (χ2v) is 6.00. The number of nitrogens with one attached hydrogen (secondary N) is 2. The first-order chi connectivity index (χ1) is 9.35. The van der Waals surface area contributed by atoms with Gasteiger partial charge < -0.3 is 4.74 Å². The zero-order valence-corrected chi connectivity index (χ0v) is 12.3. The molecule has 2 rings (SSSR count). The minimum absolute atomic E-state index is 0.384. The SMILES string of the molecule is CC(C)(C)OC(=O)Nc1cc(-n2ccsc2=N)ccn1. The summed E-state index contributed by atoms with van der Waals surface area (Å²) in [6.45, 7) is 5.39. The maximum atomic E-state index is 11.7. The van der Waals surface area contributed by atoms with E-state index in [9.17, 15) is 4.79 Å². The Morgan fingerprint density at radius 1 is 1.50 bits per heavy atom. The summed E-state index contributed by atoms with van der Waals surface area (Å²) in [5.41, 5.74) is 0.204. The van der Waals surface area contributed by atoms with Crippen LogP contribution in [0.5, 0.6) is 0 Å². The standard InChI is InChI=1S/C13H16N4O2S/c1-13(2,3)19-12(18)16-10-8-9(4-5-15-10)17-6-7-20-11(17)14/h4-8,14H,1-3H3,(H,15,16,18). The molecule has 0 saturated carbocycles. The van der Waals surface area contributed by atoms with Crippen molar-refractivity contribution in [3.63, 3.8) is 0 Å². The van der Waals surface area contributed by atoms with E-state index in [2.05, 4.69) is 10.3 Å². The molecule has 0 spiro atoms. The van der Waals surface area contributed by atoms with Gasteiger partial charge in [0.1, 0.15) is 11.4 Å². The van der Waals surface area contributed by atoms with Crippen LogP contribution in [0.25, 0.3) is 5.69 Å². The highest BCUT2D eigenvalue weighted by atomic mass is 32.1. The van der Waals surface area contributed by atoms with Crippen molar-refractivity contribution in [1.82, 2.24) is 9.55 Å². The van der Waals surface area contributed by atoms with Gasteiger partial charge in [0.05, 0.1) is 5.69 Å². The van der Waals surface area contributed by atoms with Crippen LogP contribution >= 0.6 is 11.3 Å². The lowest BCUT2D eigenvalue weighted by Crippen LogP contribution is -2.27. The molecule has 0 radical (unpaired) electrons. The molecular weight excluding hydrogens is 276 g/mol. The van der Waals surface area contributed by atoms with Crippen LogP contribution < -0.4 is 10.1 Å². The molecule has 20 heavy (non-hydrogen) atoms. The zero-order valence-electron chi connectivity index (χ0n) is 11.5. The first-order valence-corrected chi connectivity index (χ1v) is 6.90. The molecule has 1 amide bonds. The second-order valence-electron chi connectivity index (χ2n) is 5.10. The van der Waals surface area contributed by atoms with Gasteiger partial charge in [-0.15, -0.1) is 11.3 Å². The van der Waals surface area contributed by atoms with E-state index in [1.54, 1.807) is 49.9 Å². The lowest BCUT2D eigenvalue weighted by molar-refractivity contribution is 0.0635. The van der Waals surface area contributed by atoms with E-state index < -0.39 is 11.7 Å². The third kappa shape index (κ3) is 3.67. The van der Waals surface area contributed by atoms with Crippen LogP contribution in [-0.4, -0.2) is 21.2 Å². The van der Waals surface area contributed by atoms with Crippen molar-refractivity contribution in [1.29, 1.82) is 5.41 Å². The van der Waals surface area contributed by atoms with Crippen molar-refractivity contribution >= 4 is 23.2 Å². The van der Waals surface area contributed by atoms with E-state index in [0.717, 1.165) is 5.69 Å². The molecule has 106 valence electrons. The number of anilines is 1. The van der Waals surface area contributed by atoms with Crippen molar-refractivity contribution < 1.29 is 9.53 Å². The summed E-state index contributed by atoms with van der Waals surface area (Å²) in [5.74, 6) is 0.384. The highest BCUT2D eigenvalue weighted by Crippen LogP contribution is 2.13. The van der Waals surface area contributed by atoms with Gasteiger partial charge in [0.25, 0.3) is 0 Å². The predicted molar refractivity (Wildman–Crippen MR) is 77.2 cm³/mol. The number of ether oxygens (including phenoxy) is 1. The minimum atomic E-state index is -0.557. The number of rotatable bonds is 2. The van der Waals surface area contributed by atoms with Crippen LogP contribution in [0.2, 0.25) is 0 Å². The van der Waals surface area contributed by atoms with Gasteiger partial charge >= 0.3 is 6.09 Å². The number of aromatic nitrogens is 2. The Kier molecular flexibility index (Phi) is 3.89. The van der Waals surface area contributed by atoms with Crippen molar-refractivity contribution in [2.24, 2.45) is 0 Å². The molecule has 0 atom stereocenters. The van der Waals surface area contributed by atoms with Crippen LogP contribution in [0.3, 0.4) is 0 Å². The average Bonchev–Trinajstić information content (AvgIpc) is 2.73. The number of hydrogen-bond acceptors (Lipinski definition) is 5. The van der Waals surface area contributed by atoms with E-state index in [4.69, 9.17) is 10.1 Å². The monoisotopic (exact) mass is 292 g/mol. The van der Waals surface area contributed by atoms with E-state index in [1.807, 2.05) is 5.38 Å². The third-order valence-corrected chi connectivity index (χ3v) is 2.94. The lowest BCUT2D eigenvalue weighted by atomic mass is 10.2. The third-order valence-electron chi connectivity index (χ3n) is 2.26. The van der Waals surface area contributed by atoms with Crippen LogP contribution in [0.1, 0.15) is 20.8 Å². The number of nitrogens with zero attached hydrogens (tertiary/aromatic N) is 2. The van der Waals surface area contributed by atoms with Crippen molar-refractivity contribution in [3.05, 3.63) is 34.7 Å². The molecule has 2 N–H and O–H groups in total. The average molecular weight is 292 g/mol. The largest absolute Gasteiger partial charge is 0.444 e. The second kappa shape index (κ2) is 5.46. The molecule has 0 bridgehead atoms. The van der Waals surface area contributed by atoms with Crippen LogP contribution in [-0.2, 0) is 4.74 Å². The van der Waals surface area contributed by atoms with Gasteiger partial charge in [-0.05, 0) is 26.8 Å². The van der Waals surface area contributed by atoms with Crippen molar-refractivity contribution in [2.45, 2.75) is 26.4 Å². The molecule has 2 aromatic heterocycles. The number of amides is 1. The molecular formula is C13H16N4O2S. The predicted octanol–water partition coefficient (Wildman–Crippen LogP) is 2.76. The number of carbonyl (C=O) groups excluding carboxylic acids is 1. The van der Waals surface area contributed by atoms with Gasteiger partial charge in [-0.2, -0.15) is 0 Å². The number of thiazole rings is 1. The number of pyridine rings is 1. The lowest BCUT2D eigenvalue weighted by Gasteiger charge is -2.19. The first kappa shape index (κ1) is 14.3. The Bertz CT molecular complexity index is 669. The highest BCUT2D eigenvalue weighted by molar-refractivity contribution is 7.07. The van der Waals surface area contributed by atoms with Crippen molar-refractivity contribution in [3.8, 4) is 5.69 Å². The maximum Gasteiger partial charge on any atom is 0.413 e. The molecule has 2 heterocycles. The van der Waals surface area contributed by atoms with E-state index >= 15 is 0 Å². The number of hydrogen-bond donors (Lipinski definition) is 2. The van der Waals surface area contributed by atoms with Gasteiger partial charge in [-0.1, -0.05) is 0 Å². The van der Waals surface area contributed by atoms with Crippen molar-refractivity contribution in [2.75, 3.05) is 5.32 Å². The fourth-order valence-corrected chi connectivity index (χ4v) is 2.12. The summed E-state index contributed by atoms with van der Waals surface area (Å²) in [6.07, 6.45) is 2.81. The smallest absolute Gasteiger partial charge is 0.413 e. The van der Waals surface area contributed by atoms with E-state index in [-0.39, 0.29) is 0 Å². The molecule has 6 nitrogen and oxygen atoms in total. The molecule has 0 saturated heterocycles. The Balaban J connectivity index is 2.17. The Hall–Kier alpha value is -2.15. The Morgan fingerprint density at radius 3 is 2.85 bits per heavy atom. The van der Waals surface area contributed by atoms with E-state index in [1.165, 1.54) is 11.3 Å². The van der Waals surface area contributed by atoms with Crippen LogP contribution in [0.4, 0.5) is 10.6 Å². The maximum absolute atomic E-state index is 11.7. The summed E-state index contributed by atoms with van der Waals surface area (Å²) in [4.78, 5) is 16.1. The Morgan fingerprint density at radius 2 is 2.25 bits per heavy atom. The van der Waals surface area contributed by atoms with E-state index in [0.29, 0.717) is 10.6 Å². The fourth-order valence-electron chi connectivity index (χ4n) is 1.53. The summed E-state index contributed by atoms with van der Waals surface area (Å²) >= 11 is 1.32. The topological polar surface area (TPSA) is 80.0 Å². The van der Waals surface area contributed by atoms with Gasteiger partial charge in [-0.25, -0.2) is 9.78 Å². The van der Waals surface area contributed by atoms with Crippen LogP contribution in [0.15, 0.2) is 29.9 Å². The quantitative estimate of drug-likeness (QED) is 0.893. The summed E-state index contributed by atoms with van der Waals surface area (Å²) < 4.78 is 6.87. The number of carbonyl (C=O) groups is 1. The molecule has 0 aromatic carbocycles. The first-order valence-electron chi connectivity index (χ1n) is 6.02. The molecule has 0 aliphatic rings. The molecule has 2 aromatic rings. The molecule has 0 fully saturated rings. The molecule has 0 aliphatic carbocycles. The van der Waals surface area contributed by atoms with Gasteiger partial charge in [0, 0.05) is 23.8 Å². The Labute approximate surface area is 120 Å². The zero-order chi connectivity index (χ0) is 14.8. The molecule has 0 unspecified atom stereocenters. The summed E-state index contributed by atoms with van der Waals surface area (Å²) in [5, 5.41) is 12.2. The van der Waals surface area contributed by atoms with Crippen LogP contribution in [0, 0.1) is 5.41 Å². The normalized spacial score (nSPS) is 11.2. The van der Waals surface area contributed by atoms with Gasteiger partial charge in [0.15, 0.2) is 4.80 Å². The van der Waals surface area contributed by atoms with Gasteiger partial charge in [-0.3, -0.25) is 15.3 Å². The summed E-state index contributed by atoms with van der Waals surface area (Å²) in [7, 11) is 0. The van der Waals surface area contributed by atoms with Gasteiger partial charge in [0.2, 0.25) is 0 Å². The molecule has 0 aliphatic heterocycles. The highest BCUT2D eigenvalue weighted by Gasteiger charge is 2.16. The summed E-state index contributed by atoms with van der Waals surface area (Å²) in [6, 6.07) is 3.46. The fraction of sp³-hybridized carbons (Fsp3) is 0.308.